The second-order valence-corrected chi connectivity index (χ2v) is 4.59. The molecule has 88 valence electrons. The fraction of sp³-hybridized carbons (Fsp3) is 0.333. The van der Waals surface area contributed by atoms with Gasteiger partial charge >= 0.3 is 0 Å². The summed E-state index contributed by atoms with van der Waals surface area (Å²) >= 11 is 0. The second kappa shape index (κ2) is 3.56. The Morgan fingerprint density at radius 3 is 3.06 bits per heavy atom. The largest absolute Gasteiger partial charge is 0.353 e. The van der Waals surface area contributed by atoms with Crippen LogP contribution in [0.25, 0.3) is 10.9 Å². The van der Waals surface area contributed by atoms with Gasteiger partial charge in [0, 0.05) is 29.5 Å². The highest BCUT2D eigenvalue weighted by Gasteiger charge is 2.24. The molecule has 0 spiro atoms. The van der Waals surface area contributed by atoms with Gasteiger partial charge in [-0.25, -0.2) is 0 Å². The third-order valence-electron chi connectivity index (χ3n) is 3.52. The van der Waals surface area contributed by atoms with E-state index in [0.29, 0.717) is 0 Å². The number of nitro groups is 1. The molecule has 1 atom stereocenters. The number of aryl methyl sites for hydroxylation is 1. The summed E-state index contributed by atoms with van der Waals surface area (Å²) in [6.45, 7) is 0. The van der Waals surface area contributed by atoms with Crippen molar-refractivity contribution in [1.82, 2.24) is 4.98 Å². The van der Waals surface area contributed by atoms with Crippen molar-refractivity contribution in [1.29, 1.82) is 0 Å². The molecule has 0 saturated heterocycles. The van der Waals surface area contributed by atoms with Gasteiger partial charge in [0.15, 0.2) is 0 Å². The van der Waals surface area contributed by atoms with Crippen molar-refractivity contribution in [2.45, 2.75) is 25.3 Å². The van der Waals surface area contributed by atoms with Gasteiger partial charge in [-0.15, -0.1) is 0 Å². The third-order valence-corrected chi connectivity index (χ3v) is 3.52. The average Bonchev–Trinajstić information content (AvgIpc) is 2.68. The Kier molecular flexibility index (Phi) is 2.16. The molecule has 0 radical (unpaired) electrons. The van der Waals surface area contributed by atoms with Crippen molar-refractivity contribution in [3.63, 3.8) is 0 Å². The van der Waals surface area contributed by atoms with Crippen molar-refractivity contribution in [3.05, 3.63) is 39.6 Å². The molecule has 4 N–H and O–H groups in total. The van der Waals surface area contributed by atoms with Gasteiger partial charge in [-0.3, -0.25) is 10.1 Å². The molecule has 1 aliphatic carbocycles. The van der Waals surface area contributed by atoms with Crippen LogP contribution in [0.5, 0.6) is 0 Å². The summed E-state index contributed by atoms with van der Waals surface area (Å²) in [5, 5.41) is 11.8. The average molecular weight is 232 g/mol. The number of fused-ring (bicyclic) bond motifs is 3. The summed E-state index contributed by atoms with van der Waals surface area (Å²) in [5.41, 5.74) is 7.64. The van der Waals surface area contributed by atoms with Crippen LogP contribution >= 0.6 is 0 Å². The summed E-state index contributed by atoms with van der Waals surface area (Å²) in [7, 11) is 0. The van der Waals surface area contributed by atoms with Crippen LogP contribution in [-0.4, -0.2) is 9.91 Å². The zero-order valence-corrected chi connectivity index (χ0v) is 9.40. The smallest absolute Gasteiger partial charge is 0.270 e. The first-order chi connectivity index (χ1) is 8.16. The molecule has 17 heavy (non-hydrogen) atoms. The van der Waals surface area contributed by atoms with E-state index in [0.717, 1.165) is 35.9 Å². The summed E-state index contributed by atoms with van der Waals surface area (Å²) in [4.78, 5) is 13.8. The molecule has 0 bridgehead atoms. The number of hydrogen-bond acceptors (Lipinski definition) is 2. The molecule has 1 aliphatic rings. The Hall–Kier alpha value is -1.88. The topological polar surface area (TPSA) is 86.6 Å². The summed E-state index contributed by atoms with van der Waals surface area (Å²) in [5.74, 6) is 0. The molecule has 1 aromatic heterocycles. The second-order valence-electron chi connectivity index (χ2n) is 4.59. The Bertz CT molecular complexity index is 603. The van der Waals surface area contributed by atoms with E-state index < -0.39 is 0 Å². The van der Waals surface area contributed by atoms with E-state index in [-0.39, 0.29) is 16.7 Å². The molecule has 1 aromatic carbocycles. The lowest BCUT2D eigenvalue weighted by atomic mass is 9.92. The van der Waals surface area contributed by atoms with E-state index in [1.165, 1.54) is 5.56 Å². The predicted molar refractivity (Wildman–Crippen MR) is 63.5 cm³/mol. The lowest BCUT2D eigenvalue weighted by Gasteiger charge is -2.15. The highest BCUT2D eigenvalue weighted by molar-refractivity contribution is 5.87. The summed E-state index contributed by atoms with van der Waals surface area (Å²) < 4.78 is 0. The normalized spacial score (nSPS) is 19.2. The van der Waals surface area contributed by atoms with Gasteiger partial charge in [-0.2, -0.15) is 0 Å². The highest BCUT2D eigenvalue weighted by atomic mass is 16.6. The Balaban J connectivity index is 2.25. The van der Waals surface area contributed by atoms with Crippen LogP contribution in [0.2, 0.25) is 0 Å². The van der Waals surface area contributed by atoms with Crippen molar-refractivity contribution >= 4 is 16.6 Å². The Morgan fingerprint density at radius 1 is 1.47 bits per heavy atom. The van der Waals surface area contributed by atoms with E-state index in [9.17, 15) is 10.1 Å². The van der Waals surface area contributed by atoms with Gasteiger partial charge in [0.05, 0.1) is 10.6 Å². The van der Waals surface area contributed by atoms with E-state index in [1.807, 2.05) is 0 Å². The molecule has 0 saturated carbocycles. The van der Waals surface area contributed by atoms with Crippen LogP contribution in [0.1, 0.15) is 30.1 Å². The number of nitrogens with one attached hydrogen (secondary N) is 1. The van der Waals surface area contributed by atoms with Crippen LogP contribution in [0.3, 0.4) is 0 Å². The van der Waals surface area contributed by atoms with E-state index >= 15 is 0 Å². The van der Waals surface area contributed by atoms with Crippen LogP contribution in [-0.2, 0) is 6.42 Å². The van der Waals surface area contributed by atoms with Gasteiger partial charge in [0.1, 0.15) is 6.04 Å². The molecule has 0 amide bonds. The maximum atomic E-state index is 10.8. The van der Waals surface area contributed by atoms with Gasteiger partial charge in [-0.05, 0) is 24.5 Å². The van der Waals surface area contributed by atoms with Crippen LogP contribution < -0.4 is 5.73 Å². The van der Waals surface area contributed by atoms with E-state index in [1.54, 1.807) is 18.2 Å². The number of aromatic nitrogens is 1. The fourth-order valence-corrected chi connectivity index (χ4v) is 2.66. The minimum Gasteiger partial charge on any atom is -0.353 e. The predicted octanol–water partition coefficient (Wildman–Crippen LogP) is 1.70. The molecule has 1 heterocycles. The standard InChI is InChI=1S/C12H13N3O2/c13-10-3-1-2-8-9-6-7(15(16)17)4-5-11(9)14-12(8)10/h4-6,10,14H,1-3,13H2/p+1/t10-/m0/s1. The fourth-order valence-electron chi connectivity index (χ4n) is 2.66. The Morgan fingerprint density at radius 2 is 2.29 bits per heavy atom. The molecule has 0 unspecified atom stereocenters. The van der Waals surface area contributed by atoms with Gasteiger partial charge < -0.3 is 10.7 Å². The number of nitrogens with zero attached hydrogens (tertiary/aromatic N) is 1. The van der Waals surface area contributed by atoms with E-state index in [2.05, 4.69) is 10.7 Å². The molecule has 3 rings (SSSR count). The SMILES string of the molecule is [NH3+][C@H]1CCCc2c1[nH]c1ccc([N+](=O)[O-])cc21. The maximum absolute atomic E-state index is 10.8. The quantitative estimate of drug-likeness (QED) is 0.579. The van der Waals surface area contributed by atoms with Crippen molar-refractivity contribution in [2.24, 2.45) is 0 Å². The van der Waals surface area contributed by atoms with Gasteiger partial charge in [0.25, 0.3) is 5.69 Å². The van der Waals surface area contributed by atoms with Crippen molar-refractivity contribution in [3.8, 4) is 0 Å². The number of non-ortho nitro benzene ring substituents is 1. The molecule has 5 nitrogen and oxygen atoms in total. The molecule has 5 heteroatoms. The highest BCUT2D eigenvalue weighted by Crippen LogP contribution is 2.34. The third kappa shape index (κ3) is 1.51. The molecule has 2 aromatic rings. The first-order valence-corrected chi connectivity index (χ1v) is 5.79. The molecule has 0 aliphatic heterocycles. The maximum Gasteiger partial charge on any atom is 0.270 e. The summed E-state index contributed by atoms with van der Waals surface area (Å²) in [6, 6.07) is 5.29. The lowest BCUT2D eigenvalue weighted by Crippen LogP contribution is -2.54. The minimum atomic E-state index is -0.344. The number of aromatic amines is 1. The van der Waals surface area contributed by atoms with Crippen molar-refractivity contribution in [2.75, 3.05) is 0 Å². The van der Waals surface area contributed by atoms with Gasteiger partial charge in [0.2, 0.25) is 0 Å². The van der Waals surface area contributed by atoms with Crippen LogP contribution in [0.15, 0.2) is 18.2 Å². The molecular weight excluding hydrogens is 218 g/mol. The van der Waals surface area contributed by atoms with Gasteiger partial charge in [-0.1, -0.05) is 0 Å². The Labute approximate surface area is 97.8 Å². The zero-order chi connectivity index (χ0) is 12.0. The monoisotopic (exact) mass is 232 g/mol. The van der Waals surface area contributed by atoms with Crippen LogP contribution in [0.4, 0.5) is 5.69 Å². The molecule has 0 fully saturated rings. The minimum absolute atomic E-state index is 0.158. The number of quaternary nitrogens is 1. The lowest BCUT2D eigenvalue weighted by molar-refractivity contribution is -0.430. The number of rotatable bonds is 1. The van der Waals surface area contributed by atoms with E-state index in [4.69, 9.17) is 0 Å². The van der Waals surface area contributed by atoms with Crippen LogP contribution in [0, 0.1) is 10.1 Å². The zero-order valence-electron chi connectivity index (χ0n) is 9.40. The summed E-state index contributed by atoms with van der Waals surface area (Å²) in [6.07, 6.45) is 3.18. The van der Waals surface area contributed by atoms with Crippen molar-refractivity contribution < 1.29 is 10.7 Å². The number of H-pyrrole nitrogens is 1. The molecular formula is C12H14N3O2+. The number of hydrogen-bond donors (Lipinski definition) is 2. The first kappa shape index (κ1) is 10.3. The first-order valence-electron chi connectivity index (χ1n) is 5.79. The number of nitro benzene ring substituents is 1. The number of benzene rings is 1.